The van der Waals surface area contributed by atoms with E-state index in [2.05, 4.69) is 23.3 Å². The number of hydrogen-bond donors (Lipinski definition) is 1. The molecule has 0 aliphatic heterocycles. The lowest BCUT2D eigenvalue weighted by atomic mass is 10.1. The van der Waals surface area contributed by atoms with E-state index in [4.69, 9.17) is 9.47 Å². The van der Waals surface area contributed by atoms with Crippen LogP contribution in [0.1, 0.15) is 30.0 Å². The number of ether oxygens (including phenoxy) is 2. The normalized spacial score (nSPS) is 10.8. The van der Waals surface area contributed by atoms with Crippen molar-refractivity contribution in [2.24, 2.45) is 0 Å². The second-order valence-corrected chi connectivity index (χ2v) is 7.57. The van der Waals surface area contributed by atoms with Gasteiger partial charge in [0.15, 0.2) is 11.7 Å². The van der Waals surface area contributed by atoms with Crippen LogP contribution in [0, 0.1) is 20.8 Å². The Bertz CT molecular complexity index is 965. The molecule has 0 saturated heterocycles. The molecule has 0 fully saturated rings. The predicted octanol–water partition coefficient (Wildman–Crippen LogP) is 5.03. The van der Waals surface area contributed by atoms with E-state index < -0.39 is 0 Å². The molecule has 1 amide bonds. The third-order valence-corrected chi connectivity index (χ3v) is 5.14. The van der Waals surface area contributed by atoms with Gasteiger partial charge < -0.3 is 9.47 Å². The van der Waals surface area contributed by atoms with Crippen LogP contribution in [0.5, 0.6) is 11.5 Å². The van der Waals surface area contributed by atoms with E-state index in [1.807, 2.05) is 45.0 Å². The number of thiazole rings is 1. The van der Waals surface area contributed by atoms with Gasteiger partial charge in [0.1, 0.15) is 11.5 Å². The van der Waals surface area contributed by atoms with Crippen LogP contribution in [0.15, 0.2) is 30.3 Å². The average molecular weight is 385 g/mol. The predicted molar refractivity (Wildman–Crippen MR) is 110 cm³/mol. The van der Waals surface area contributed by atoms with E-state index in [1.54, 1.807) is 0 Å². The Morgan fingerprint density at radius 1 is 1.15 bits per heavy atom. The first-order chi connectivity index (χ1) is 13.0. The quantitative estimate of drug-likeness (QED) is 0.621. The Morgan fingerprint density at radius 3 is 2.74 bits per heavy atom. The summed E-state index contributed by atoms with van der Waals surface area (Å²) in [5, 5.41) is 3.37. The van der Waals surface area contributed by atoms with Gasteiger partial charge in [-0.15, -0.1) is 0 Å². The largest absolute Gasteiger partial charge is 0.494 e. The molecule has 6 heteroatoms. The van der Waals surface area contributed by atoms with Gasteiger partial charge in [0, 0.05) is 0 Å². The molecule has 3 rings (SSSR count). The van der Waals surface area contributed by atoms with Crippen LogP contribution in [-0.2, 0) is 4.79 Å². The number of carbonyl (C=O) groups excluding carboxylic acids is 1. The molecule has 2 aromatic carbocycles. The molecule has 3 aromatic rings. The third kappa shape index (κ3) is 4.77. The first kappa shape index (κ1) is 19.2. The maximum atomic E-state index is 12.3. The van der Waals surface area contributed by atoms with Crippen molar-refractivity contribution < 1.29 is 14.3 Å². The van der Waals surface area contributed by atoms with Gasteiger partial charge in [0.05, 0.1) is 16.8 Å². The summed E-state index contributed by atoms with van der Waals surface area (Å²) < 4.78 is 12.3. The summed E-state index contributed by atoms with van der Waals surface area (Å²) in [6, 6.07) is 9.80. The van der Waals surface area contributed by atoms with Gasteiger partial charge in [-0.25, -0.2) is 4.98 Å². The first-order valence-electron chi connectivity index (χ1n) is 9.00. The molecule has 0 unspecified atom stereocenters. The summed E-state index contributed by atoms with van der Waals surface area (Å²) in [4.78, 5) is 16.7. The number of fused-ring (bicyclic) bond motifs is 1. The molecule has 1 aromatic heterocycles. The number of nitrogens with zero attached hydrogens (tertiary/aromatic N) is 1. The summed E-state index contributed by atoms with van der Waals surface area (Å²) in [6.45, 7) is 8.75. The highest BCUT2D eigenvalue weighted by molar-refractivity contribution is 7.22. The number of rotatable bonds is 7. The monoisotopic (exact) mass is 384 g/mol. The lowest BCUT2D eigenvalue weighted by Gasteiger charge is -2.11. The lowest BCUT2D eigenvalue weighted by Crippen LogP contribution is -2.20. The highest BCUT2D eigenvalue weighted by Crippen LogP contribution is 2.29. The van der Waals surface area contributed by atoms with Gasteiger partial charge in [0.25, 0.3) is 5.91 Å². The van der Waals surface area contributed by atoms with E-state index in [0.29, 0.717) is 11.7 Å². The van der Waals surface area contributed by atoms with Crippen molar-refractivity contribution in [3.8, 4) is 11.5 Å². The molecule has 27 heavy (non-hydrogen) atoms. The van der Waals surface area contributed by atoms with Gasteiger partial charge in [-0.05, 0) is 68.1 Å². The molecular weight excluding hydrogens is 360 g/mol. The molecule has 0 spiro atoms. The van der Waals surface area contributed by atoms with Crippen molar-refractivity contribution in [2.45, 2.75) is 34.1 Å². The van der Waals surface area contributed by atoms with Crippen LogP contribution in [0.3, 0.4) is 0 Å². The molecule has 0 bridgehead atoms. The standard InChI is InChI=1S/C21H24N2O3S/c1-5-8-25-16-6-7-17-19(11-16)27-21(22-17)23-20(24)12-26-18-10-13(2)9-14(3)15(18)4/h6-7,9-11H,5,8,12H2,1-4H3,(H,22,23,24). The molecular formula is C21H24N2O3S. The fourth-order valence-electron chi connectivity index (χ4n) is 2.72. The van der Waals surface area contributed by atoms with Crippen LogP contribution in [-0.4, -0.2) is 24.1 Å². The number of nitrogens with one attached hydrogen (secondary N) is 1. The van der Waals surface area contributed by atoms with Crippen molar-refractivity contribution in [3.05, 3.63) is 47.0 Å². The summed E-state index contributed by atoms with van der Waals surface area (Å²) in [5.41, 5.74) is 4.15. The van der Waals surface area contributed by atoms with Gasteiger partial charge in [-0.1, -0.05) is 24.3 Å². The Labute approximate surface area is 163 Å². The van der Waals surface area contributed by atoms with E-state index in [9.17, 15) is 4.79 Å². The molecule has 0 radical (unpaired) electrons. The van der Waals surface area contributed by atoms with E-state index in [-0.39, 0.29) is 12.5 Å². The van der Waals surface area contributed by atoms with E-state index in [0.717, 1.165) is 44.8 Å². The molecule has 0 aliphatic rings. The summed E-state index contributed by atoms with van der Waals surface area (Å²) in [5.74, 6) is 1.33. The Balaban J connectivity index is 1.64. The summed E-state index contributed by atoms with van der Waals surface area (Å²) in [7, 11) is 0. The van der Waals surface area contributed by atoms with Crippen LogP contribution in [0.2, 0.25) is 0 Å². The molecule has 0 atom stereocenters. The fraction of sp³-hybridized carbons (Fsp3) is 0.333. The topological polar surface area (TPSA) is 60.5 Å². The maximum Gasteiger partial charge on any atom is 0.264 e. The van der Waals surface area contributed by atoms with Crippen molar-refractivity contribution in [3.63, 3.8) is 0 Å². The number of aromatic nitrogens is 1. The number of hydrogen-bond acceptors (Lipinski definition) is 5. The molecule has 0 saturated carbocycles. The third-order valence-electron chi connectivity index (χ3n) is 4.20. The summed E-state index contributed by atoms with van der Waals surface area (Å²) >= 11 is 1.42. The number of aryl methyl sites for hydroxylation is 2. The van der Waals surface area contributed by atoms with Crippen LogP contribution >= 0.6 is 11.3 Å². The second kappa shape index (κ2) is 8.39. The Kier molecular flexibility index (Phi) is 5.96. The lowest BCUT2D eigenvalue weighted by molar-refractivity contribution is -0.118. The van der Waals surface area contributed by atoms with Crippen molar-refractivity contribution in [1.82, 2.24) is 4.98 Å². The highest BCUT2D eigenvalue weighted by Gasteiger charge is 2.11. The van der Waals surface area contributed by atoms with Crippen molar-refractivity contribution >= 4 is 32.6 Å². The number of carbonyl (C=O) groups is 1. The zero-order valence-corrected chi connectivity index (χ0v) is 16.9. The molecule has 5 nitrogen and oxygen atoms in total. The smallest absolute Gasteiger partial charge is 0.264 e. The fourth-order valence-corrected chi connectivity index (χ4v) is 3.63. The minimum Gasteiger partial charge on any atom is -0.494 e. The number of anilines is 1. The van der Waals surface area contributed by atoms with Crippen molar-refractivity contribution in [2.75, 3.05) is 18.5 Å². The Hall–Kier alpha value is -2.60. The minimum absolute atomic E-state index is 0.0511. The SMILES string of the molecule is CCCOc1ccc2nc(NC(=O)COc3cc(C)cc(C)c3C)sc2c1. The first-order valence-corrected chi connectivity index (χ1v) is 9.82. The minimum atomic E-state index is -0.227. The molecule has 1 N–H and O–H groups in total. The molecule has 0 aliphatic carbocycles. The number of benzene rings is 2. The zero-order valence-electron chi connectivity index (χ0n) is 16.1. The van der Waals surface area contributed by atoms with E-state index in [1.165, 1.54) is 11.3 Å². The number of amides is 1. The van der Waals surface area contributed by atoms with Gasteiger partial charge >= 0.3 is 0 Å². The van der Waals surface area contributed by atoms with Crippen molar-refractivity contribution in [1.29, 1.82) is 0 Å². The maximum absolute atomic E-state index is 12.3. The zero-order chi connectivity index (χ0) is 19.4. The molecule has 1 heterocycles. The van der Waals surface area contributed by atoms with Gasteiger partial charge in [0.2, 0.25) is 0 Å². The van der Waals surface area contributed by atoms with Crippen LogP contribution < -0.4 is 14.8 Å². The van der Waals surface area contributed by atoms with E-state index >= 15 is 0 Å². The van der Waals surface area contributed by atoms with Crippen LogP contribution in [0.25, 0.3) is 10.2 Å². The average Bonchev–Trinajstić information content (AvgIpc) is 3.03. The Morgan fingerprint density at radius 2 is 1.96 bits per heavy atom. The second-order valence-electron chi connectivity index (χ2n) is 6.54. The van der Waals surface area contributed by atoms with Crippen LogP contribution in [0.4, 0.5) is 5.13 Å². The van der Waals surface area contributed by atoms with Gasteiger partial charge in [-0.2, -0.15) is 0 Å². The molecule has 142 valence electrons. The summed E-state index contributed by atoms with van der Waals surface area (Å²) in [6.07, 6.45) is 0.960. The highest BCUT2D eigenvalue weighted by atomic mass is 32.1. The van der Waals surface area contributed by atoms with Gasteiger partial charge in [-0.3, -0.25) is 10.1 Å².